The van der Waals surface area contributed by atoms with Gasteiger partial charge in [0.1, 0.15) is 0 Å². The summed E-state index contributed by atoms with van der Waals surface area (Å²) in [6.07, 6.45) is 10.1. The molecular weight excluding hydrogens is 164 g/mol. The molecule has 1 aliphatic carbocycles. The summed E-state index contributed by atoms with van der Waals surface area (Å²) >= 11 is 0. The van der Waals surface area contributed by atoms with Gasteiger partial charge in [0, 0.05) is 6.54 Å². The molecule has 2 aliphatic rings. The van der Waals surface area contributed by atoms with Gasteiger partial charge in [0.25, 0.3) is 0 Å². The molecule has 0 saturated heterocycles. The number of rotatable bonds is 3. The molecule has 1 atom stereocenters. The lowest BCUT2D eigenvalue weighted by molar-refractivity contribution is -0.109. The first-order chi connectivity index (χ1) is 6.40. The van der Waals surface area contributed by atoms with Crippen LogP contribution in [0.1, 0.15) is 6.42 Å². The van der Waals surface area contributed by atoms with Crippen LogP contribution >= 0.6 is 0 Å². The Labute approximate surface area is 77.2 Å². The van der Waals surface area contributed by atoms with Crippen molar-refractivity contribution in [2.75, 3.05) is 6.54 Å². The smallest absolute Gasteiger partial charge is 0.207 e. The molecule has 0 radical (unpaired) electrons. The van der Waals surface area contributed by atoms with Gasteiger partial charge in [0.05, 0.1) is 6.04 Å². The van der Waals surface area contributed by atoms with Crippen LogP contribution in [0, 0.1) is 0 Å². The maximum atomic E-state index is 10.1. The summed E-state index contributed by atoms with van der Waals surface area (Å²) in [6.45, 7) is 0.632. The molecule has 2 N–H and O–H groups in total. The Hall–Kier alpha value is -1.51. The number of nitrogens with one attached hydrogen (secondary N) is 2. The lowest BCUT2D eigenvalue weighted by Crippen LogP contribution is -2.24. The zero-order chi connectivity index (χ0) is 9.10. The van der Waals surface area contributed by atoms with Gasteiger partial charge in [-0.05, 0) is 29.8 Å². The van der Waals surface area contributed by atoms with Gasteiger partial charge in [0.2, 0.25) is 6.41 Å². The normalized spacial score (nSPS) is 24.2. The molecule has 3 heteroatoms. The van der Waals surface area contributed by atoms with Gasteiger partial charge in [-0.2, -0.15) is 0 Å². The second-order valence-electron chi connectivity index (χ2n) is 3.21. The molecule has 13 heavy (non-hydrogen) atoms. The summed E-state index contributed by atoms with van der Waals surface area (Å²) < 4.78 is 0. The molecule has 0 saturated carbocycles. The lowest BCUT2D eigenvalue weighted by Gasteiger charge is -2.17. The minimum Gasteiger partial charge on any atom is -0.384 e. The number of hydrogen-bond donors (Lipinski definition) is 2. The number of carbonyl (C=O) groups is 1. The van der Waals surface area contributed by atoms with Gasteiger partial charge < -0.3 is 10.6 Å². The van der Waals surface area contributed by atoms with Crippen LogP contribution in [0.25, 0.3) is 0 Å². The van der Waals surface area contributed by atoms with Gasteiger partial charge >= 0.3 is 0 Å². The average molecular weight is 176 g/mol. The van der Waals surface area contributed by atoms with E-state index in [-0.39, 0.29) is 0 Å². The Bertz CT molecular complexity index is 302. The van der Waals surface area contributed by atoms with E-state index in [1.54, 1.807) is 0 Å². The summed E-state index contributed by atoms with van der Waals surface area (Å²) in [5.41, 5.74) is 2.50. The fraction of sp³-hybridized carbons (Fsp3) is 0.300. The molecular formula is C10H12N2O. The number of hydrogen-bond acceptors (Lipinski definition) is 2. The minimum absolute atomic E-state index is 0.458. The molecule has 2 rings (SSSR count). The fourth-order valence-corrected chi connectivity index (χ4v) is 1.65. The predicted octanol–water partition coefficient (Wildman–Crippen LogP) is 0.474. The molecule has 0 bridgehead atoms. The molecule has 1 unspecified atom stereocenters. The van der Waals surface area contributed by atoms with Gasteiger partial charge in [-0.15, -0.1) is 0 Å². The van der Waals surface area contributed by atoms with E-state index in [1.807, 2.05) is 6.20 Å². The van der Waals surface area contributed by atoms with Crippen molar-refractivity contribution in [2.45, 2.75) is 12.5 Å². The van der Waals surface area contributed by atoms with Gasteiger partial charge in [-0.3, -0.25) is 4.79 Å². The molecule has 0 fully saturated rings. The third kappa shape index (κ3) is 1.64. The van der Waals surface area contributed by atoms with E-state index in [0.717, 1.165) is 12.8 Å². The molecule has 1 amide bonds. The lowest BCUT2D eigenvalue weighted by atomic mass is 9.96. The van der Waals surface area contributed by atoms with Crippen molar-refractivity contribution in [3.8, 4) is 0 Å². The van der Waals surface area contributed by atoms with Crippen LogP contribution in [-0.2, 0) is 4.79 Å². The quantitative estimate of drug-likeness (QED) is 0.614. The zero-order valence-electron chi connectivity index (χ0n) is 7.29. The van der Waals surface area contributed by atoms with E-state index in [0.29, 0.717) is 12.6 Å². The topological polar surface area (TPSA) is 41.1 Å². The molecule has 3 nitrogen and oxygen atoms in total. The van der Waals surface area contributed by atoms with E-state index >= 15 is 0 Å². The first-order valence-corrected chi connectivity index (χ1v) is 4.40. The summed E-state index contributed by atoms with van der Waals surface area (Å²) in [5.74, 6) is 0. The molecule has 0 aromatic rings. The Morgan fingerprint density at radius 3 is 3.46 bits per heavy atom. The van der Waals surface area contributed by atoms with Gasteiger partial charge in [-0.1, -0.05) is 12.2 Å². The second-order valence-corrected chi connectivity index (χ2v) is 3.21. The van der Waals surface area contributed by atoms with Crippen LogP contribution in [0.2, 0.25) is 0 Å². The zero-order valence-corrected chi connectivity index (χ0v) is 7.29. The highest BCUT2D eigenvalue weighted by molar-refractivity contribution is 5.49. The Morgan fingerprint density at radius 1 is 1.69 bits per heavy atom. The fourth-order valence-electron chi connectivity index (χ4n) is 1.65. The van der Waals surface area contributed by atoms with Crippen LogP contribution in [0.15, 0.2) is 35.6 Å². The molecule has 1 aliphatic heterocycles. The molecule has 0 aromatic heterocycles. The minimum atomic E-state index is 0.458. The maximum absolute atomic E-state index is 10.1. The number of amides is 1. The van der Waals surface area contributed by atoms with Crippen molar-refractivity contribution in [3.63, 3.8) is 0 Å². The summed E-state index contributed by atoms with van der Waals surface area (Å²) in [4.78, 5) is 10.1. The second kappa shape index (κ2) is 3.47. The van der Waals surface area contributed by atoms with Crippen LogP contribution in [0.5, 0.6) is 0 Å². The number of fused-ring (bicyclic) bond motifs is 1. The van der Waals surface area contributed by atoms with E-state index < -0.39 is 0 Å². The molecule has 0 aromatic carbocycles. The van der Waals surface area contributed by atoms with E-state index in [9.17, 15) is 4.79 Å². The van der Waals surface area contributed by atoms with Crippen LogP contribution in [-0.4, -0.2) is 19.0 Å². The molecule has 68 valence electrons. The standard InChI is InChI=1S/C10H12N2O/c13-7-11-6-8-1-2-10-9(5-8)3-4-12-10/h1,3-5,7,10,12H,2,6H2,(H,11,13). The summed E-state index contributed by atoms with van der Waals surface area (Å²) in [7, 11) is 0. The van der Waals surface area contributed by atoms with Crippen molar-refractivity contribution >= 4 is 6.41 Å². The SMILES string of the molecule is O=CNCC1=CCC2NC=CC2=C1. The summed E-state index contributed by atoms with van der Waals surface area (Å²) in [5, 5.41) is 5.91. The molecule has 1 heterocycles. The summed E-state index contributed by atoms with van der Waals surface area (Å²) in [6, 6.07) is 0.458. The van der Waals surface area contributed by atoms with Crippen molar-refractivity contribution < 1.29 is 4.79 Å². The van der Waals surface area contributed by atoms with Crippen molar-refractivity contribution in [1.82, 2.24) is 10.6 Å². The van der Waals surface area contributed by atoms with Gasteiger partial charge in [-0.25, -0.2) is 0 Å². The van der Waals surface area contributed by atoms with Crippen LogP contribution in [0.4, 0.5) is 0 Å². The first kappa shape index (κ1) is 8.10. The highest BCUT2D eigenvalue weighted by atomic mass is 16.1. The monoisotopic (exact) mass is 176 g/mol. The average Bonchev–Trinajstić information content (AvgIpc) is 2.61. The van der Waals surface area contributed by atoms with E-state index in [4.69, 9.17) is 0 Å². The highest BCUT2D eigenvalue weighted by Gasteiger charge is 2.17. The van der Waals surface area contributed by atoms with Crippen LogP contribution in [0.3, 0.4) is 0 Å². The molecule has 0 spiro atoms. The van der Waals surface area contributed by atoms with Crippen molar-refractivity contribution in [3.05, 3.63) is 35.6 Å². The Kier molecular flexibility index (Phi) is 2.17. The Balaban J connectivity index is 2.03. The largest absolute Gasteiger partial charge is 0.384 e. The van der Waals surface area contributed by atoms with Crippen molar-refractivity contribution in [2.24, 2.45) is 0 Å². The highest BCUT2D eigenvalue weighted by Crippen LogP contribution is 2.21. The Morgan fingerprint density at radius 2 is 2.62 bits per heavy atom. The third-order valence-electron chi connectivity index (χ3n) is 2.33. The van der Waals surface area contributed by atoms with Gasteiger partial charge in [0.15, 0.2) is 0 Å². The van der Waals surface area contributed by atoms with Crippen LogP contribution < -0.4 is 10.6 Å². The maximum Gasteiger partial charge on any atom is 0.207 e. The number of carbonyl (C=O) groups excluding carboxylic acids is 1. The van der Waals surface area contributed by atoms with Crippen molar-refractivity contribution in [1.29, 1.82) is 0 Å². The third-order valence-corrected chi connectivity index (χ3v) is 2.33. The van der Waals surface area contributed by atoms with E-state index in [2.05, 4.69) is 28.9 Å². The van der Waals surface area contributed by atoms with E-state index in [1.165, 1.54) is 11.1 Å². The predicted molar refractivity (Wildman–Crippen MR) is 50.9 cm³/mol. The first-order valence-electron chi connectivity index (χ1n) is 4.40.